The zero-order valence-corrected chi connectivity index (χ0v) is 7.96. The number of aromatic hydroxyl groups is 1. The third kappa shape index (κ3) is 1.87. The van der Waals surface area contributed by atoms with Gasteiger partial charge in [0.2, 0.25) is 0 Å². The largest absolute Gasteiger partial charge is 0.508 e. The minimum Gasteiger partial charge on any atom is -0.508 e. The molecule has 1 fully saturated rings. The second-order valence-electron chi connectivity index (χ2n) is 3.71. The Morgan fingerprint density at radius 3 is 2.93 bits per heavy atom. The fourth-order valence-corrected chi connectivity index (χ4v) is 1.92. The van der Waals surface area contributed by atoms with Gasteiger partial charge in [-0.3, -0.25) is 0 Å². The number of phenolic OH excluding ortho intramolecular Hbond substituents is 1. The second kappa shape index (κ2) is 3.96. The maximum atomic E-state index is 13.0. The first kappa shape index (κ1) is 9.46. The van der Waals surface area contributed by atoms with Gasteiger partial charge in [0.1, 0.15) is 11.6 Å². The predicted molar refractivity (Wildman–Crippen MR) is 52.7 cm³/mol. The topological polar surface area (TPSA) is 32.3 Å². The summed E-state index contributed by atoms with van der Waals surface area (Å²) in [5.41, 5.74) is 0.685. The lowest BCUT2D eigenvalue weighted by atomic mass is 9.97. The number of benzene rings is 1. The van der Waals surface area contributed by atoms with E-state index in [0.29, 0.717) is 5.56 Å². The summed E-state index contributed by atoms with van der Waals surface area (Å²) < 4.78 is 13.0. The quantitative estimate of drug-likeness (QED) is 0.721. The number of rotatable bonds is 1. The summed E-state index contributed by atoms with van der Waals surface area (Å²) in [6.07, 6.45) is 3.26. The van der Waals surface area contributed by atoms with E-state index in [-0.39, 0.29) is 17.6 Å². The Hall–Kier alpha value is -1.09. The molecule has 0 aromatic heterocycles. The van der Waals surface area contributed by atoms with Gasteiger partial charge in [0.05, 0.1) is 0 Å². The van der Waals surface area contributed by atoms with Crippen molar-refractivity contribution in [3.8, 4) is 5.75 Å². The maximum Gasteiger partial charge on any atom is 0.123 e. The van der Waals surface area contributed by atoms with Gasteiger partial charge in [-0.15, -0.1) is 0 Å². The molecule has 1 aromatic rings. The van der Waals surface area contributed by atoms with Gasteiger partial charge in [0.15, 0.2) is 0 Å². The van der Waals surface area contributed by atoms with Gasteiger partial charge >= 0.3 is 0 Å². The van der Waals surface area contributed by atoms with E-state index in [1.54, 1.807) is 0 Å². The molecule has 2 rings (SSSR count). The summed E-state index contributed by atoms with van der Waals surface area (Å²) in [4.78, 5) is 0. The first-order chi connectivity index (χ1) is 6.77. The molecule has 1 saturated heterocycles. The van der Waals surface area contributed by atoms with Crippen LogP contribution in [0.4, 0.5) is 4.39 Å². The minimum absolute atomic E-state index is 0.111. The number of piperidine rings is 1. The highest BCUT2D eigenvalue weighted by molar-refractivity contribution is 5.35. The summed E-state index contributed by atoms with van der Waals surface area (Å²) in [6.45, 7) is 0.945. The van der Waals surface area contributed by atoms with Crippen molar-refractivity contribution in [2.45, 2.75) is 25.3 Å². The molecule has 0 aliphatic carbocycles. The lowest BCUT2D eigenvalue weighted by Crippen LogP contribution is -2.26. The smallest absolute Gasteiger partial charge is 0.123 e. The van der Waals surface area contributed by atoms with Crippen molar-refractivity contribution in [3.63, 3.8) is 0 Å². The summed E-state index contributed by atoms with van der Waals surface area (Å²) in [5, 5.41) is 12.9. The van der Waals surface area contributed by atoms with Gasteiger partial charge in [-0.25, -0.2) is 4.39 Å². The van der Waals surface area contributed by atoms with E-state index in [2.05, 4.69) is 5.32 Å². The van der Waals surface area contributed by atoms with Crippen molar-refractivity contribution in [3.05, 3.63) is 29.6 Å². The fourth-order valence-electron chi connectivity index (χ4n) is 1.92. The van der Waals surface area contributed by atoms with Gasteiger partial charge in [0.25, 0.3) is 0 Å². The van der Waals surface area contributed by atoms with Crippen LogP contribution in [0.5, 0.6) is 5.75 Å². The van der Waals surface area contributed by atoms with E-state index in [4.69, 9.17) is 0 Å². The fraction of sp³-hybridized carbons (Fsp3) is 0.455. The van der Waals surface area contributed by atoms with Crippen LogP contribution >= 0.6 is 0 Å². The Morgan fingerprint density at radius 2 is 2.21 bits per heavy atom. The lowest BCUT2D eigenvalue weighted by Gasteiger charge is -2.24. The van der Waals surface area contributed by atoms with Gasteiger partial charge in [0, 0.05) is 11.6 Å². The van der Waals surface area contributed by atoms with Crippen LogP contribution in [0.15, 0.2) is 18.2 Å². The molecule has 2 N–H and O–H groups in total. The first-order valence-electron chi connectivity index (χ1n) is 4.99. The number of nitrogens with one attached hydrogen (secondary N) is 1. The third-order valence-electron chi connectivity index (χ3n) is 2.68. The number of halogens is 1. The molecule has 76 valence electrons. The lowest BCUT2D eigenvalue weighted by molar-refractivity contribution is 0.389. The summed E-state index contributed by atoms with van der Waals surface area (Å²) in [6, 6.07) is 4.22. The van der Waals surface area contributed by atoms with Crippen LogP contribution in [0.3, 0.4) is 0 Å². The standard InChI is InChI=1S/C11H14FNO/c12-8-4-5-11(14)9(7-8)10-3-1-2-6-13-10/h4-5,7,10,13-14H,1-3,6H2/t10-/m0/s1. The van der Waals surface area contributed by atoms with Crippen LogP contribution < -0.4 is 5.32 Å². The molecule has 0 radical (unpaired) electrons. The highest BCUT2D eigenvalue weighted by atomic mass is 19.1. The molecule has 1 heterocycles. The second-order valence-corrected chi connectivity index (χ2v) is 3.71. The number of hydrogen-bond acceptors (Lipinski definition) is 2. The van der Waals surface area contributed by atoms with Crippen molar-refractivity contribution >= 4 is 0 Å². The molecule has 0 spiro atoms. The molecule has 0 saturated carbocycles. The molecule has 1 atom stereocenters. The van der Waals surface area contributed by atoms with E-state index >= 15 is 0 Å². The highest BCUT2D eigenvalue weighted by Crippen LogP contribution is 2.30. The van der Waals surface area contributed by atoms with E-state index in [1.807, 2.05) is 0 Å². The Labute approximate surface area is 82.8 Å². The third-order valence-corrected chi connectivity index (χ3v) is 2.68. The Balaban J connectivity index is 2.24. The Kier molecular flexibility index (Phi) is 2.68. The normalized spacial score (nSPS) is 22.2. The Morgan fingerprint density at radius 1 is 1.36 bits per heavy atom. The van der Waals surface area contributed by atoms with Crippen molar-refractivity contribution in [1.29, 1.82) is 0 Å². The van der Waals surface area contributed by atoms with Crippen LogP contribution in [0.25, 0.3) is 0 Å². The van der Waals surface area contributed by atoms with Gasteiger partial charge in [-0.2, -0.15) is 0 Å². The predicted octanol–water partition coefficient (Wildman–Crippen LogP) is 2.35. The molecule has 0 bridgehead atoms. The van der Waals surface area contributed by atoms with Crippen molar-refractivity contribution in [1.82, 2.24) is 5.32 Å². The molecular weight excluding hydrogens is 181 g/mol. The number of phenols is 1. The van der Waals surface area contributed by atoms with Crippen LogP contribution in [-0.4, -0.2) is 11.7 Å². The van der Waals surface area contributed by atoms with E-state index in [1.165, 1.54) is 18.2 Å². The molecule has 2 nitrogen and oxygen atoms in total. The maximum absolute atomic E-state index is 13.0. The van der Waals surface area contributed by atoms with Gasteiger partial charge < -0.3 is 10.4 Å². The summed E-state index contributed by atoms with van der Waals surface area (Å²) >= 11 is 0. The molecule has 1 aromatic carbocycles. The van der Waals surface area contributed by atoms with Crippen molar-refractivity contribution in [2.75, 3.05) is 6.54 Å². The van der Waals surface area contributed by atoms with Crippen LogP contribution in [0.1, 0.15) is 30.9 Å². The van der Waals surface area contributed by atoms with Gasteiger partial charge in [-0.05, 0) is 37.6 Å². The minimum atomic E-state index is -0.287. The highest BCUT2D eigenvalue weighted by Gasteiger charge is 2.18. The van der Waals surface area contributed by atoms with Crippen LogP contribution in [-0.2, 0) is 0 Å². The molecule has 0 amide bonds. The molecule has 1 aliphatic heterocycles. The van der Waals surface area contributed by atoms with Gasteiger partial charge in [-0.1, -0.05) is 6.42 Å². The van der Waals surface area contributed by atoms with E-state index < -0.39 is 0 Å². The first-order valence-corrected chi connectivity index (χ1v) is 4.99. The van der Waals surface area contributed by atoms with E-state index in [9.17, 15) is 9.50 Å². The molecular formula is C11H14FNO. The summed E-state index contributed by atoms with van der Waals surface area (Å²) in [7, 11) is 0. The zero-order valence-electron chi connectivity index (χ0n) is 7.96. The monoisotopic (exact) mass is 195 g/mol. The molecule has 0 unspecified atom stereocenters. The molecule has 3 heteroatoms. The SMILES string of the molecule is Oc1ccc(F)cc1[C@@H]1CCCCN1. The Bertz CT molecular complexity index is 321. The summed E-state index contributed by atoms with van der Waals surface area (Å²) in [5.74, 6) is -0.101. The van der Waals surface area contributed by atoms with E-state index in [0.717, 1.165) is 25.8 Å². The average Bonchev–Trinajstić information content (AvgIpc) is 2.23. The average molecular weight is 195 g/mol. The molecule has 1 aliphatic rings. The van der Waals surface area contributed by atoms with Crippen molar-refractivity contribution in [2.24, 2.45) is 0 Å². The number of hydrogen-bond donors (Lipinski definition) is 2. The van der Waals surface area contributed by atoms with Crippen LogP contribution in [0, 0.1) is 5.82 Å². The molecule has 14 heavy (non-hydrogen) atoms. The zero-order chi connectivity index (χ0) is 9.97. The van der Waals surface area contributed by atoms with Crippen LogP contribution in [0.2, 0.25) is 0 Å². The van der Waals surface area contributed by atoms with Crippen molar-refractivity contribution < 1.29 is 9.50 Å².